The molecule has 0 amide bonds. The smallest absolute Gasteiger partial charge is 0.191 e. The first-order valence-corrected chi connectivity index (χ1v) is 10.3. The lowest BCUT2D eigenvalue weighted by molar-refractivity contribution is -0.0161. The summed E-state index contributed by atoms with van der Waals surface area (Å²) in [6, 6.07) is 8.70. The number of likely N-dealkylation sites (tertiary alicyclic amines) is 1. The average Bonchev–Trinajstić information content (AvgIpc) is 3.25. The van der Waals surface area contributed by atoms with E-state index in [-0.39, 0.29) is 6.10 Å². The van der Waals surface area contributed by atoms with Crippen LogP contribution in [0.15, 0.2) is 29.3 Å². The molecule has 28 heavy (non-hydrogen) atoms. The number of methoxy groups -OCH3 is 1. The molecule has 2 saturated heterocycles. The minimum absolute atomic E-state index is 0.199. The number of hydrogen-bond acceptors (Lipinski definition) is 5. The monoisotopic (exact) mass is 389 g/mol. The Morgan fingerprint density at radius 3 is 2.82 bits per heavy atom. The van der Waals surface area contributed by atoms with E-state index in [1.165, 1.54) is 18.4 Å². The van der Waals surface area contributed by atoms with Crippen LogP contribution in [0.1, 0.15) is 24.4 Å². The number of nitrogens with one attached hydrogen (secondary N) is 2. The van der Waals surface area contributed by atoms with Crippen molar-refractivity contribution in [1.82, 2.24) is 20.4 Å². The minimum atomic E-state index is 0.199. The number of hydrogen-bond donors (Lipinski definition) is 2. The van der Waals surface area contributed by atoms with Gasteiger partial charge in [-0.25, -0.2) is 0 Å². The van der Waals surface area contributed by atoms with Crippen LogP contribution in [0.25, 0.3) is 0 Å². The predicted octanol–water partition coefficient (Wildman–Crippen LogP) is 1.33. The zero-order chi connectivity index (χ0) is 19.8. The third-order valence-electron chi connectivity index (χ3n) is 5.59. The summed E-state index contributed by atoms with van der Waals surface area (Å²) in [7, 11) is 5.68. The van der Waals surface area contributed by atoms with E-state index in [2.05, 4.69) is 50.7 Å². The summed E-state index contributed by atoms with van der Waals surface area (Å²) >= 11 is 0. The van der Waals surface area contributed by atoms with Crippen LogP contribution in [0.3, 0.4) is 0 Å². The summed E-state index contributed by atoms with van der Waals surface area (Å²) in [6.07, 6.45) is 2.73. The molecule has 7 heteroatoms. The molecular formula is C21H35N5O2. The van der Waals surface area contributed by atoms with Crippen molar-refractivity contribution in [3.8, 4) is 5.75 Å². The Balaban J connectivity index is 1.58. The zero-order valence-corrected chi connectivity index (χ0v) is 17.5. The summed E-state index contributed by atoms with van der Waals surface area (Å²) in [5.74, 6) is 1.73. The fourth-order valence-corrected chi connectivity index (χ4v) is 3.97. The molecule has 2 unspecified atom stereocenters. The highest BCUT2D eigenvalue weighted by atomic mass is 16.5. The van der Waals surface area contributed by atoms with Gasteiger partial charge in [0.15, 0.2) is 5.96 Å². The Labute approximate surface area is 169 Å². The highest BCUT2D eigenvalue weighted by Gasteiger charge is 2.24. The van der Waals surface area contributed by atoms with Crippen LogP contribution in [0.2, 0.25) is 0 Å². The third kappa shape index (κ3) is 5.83. The Morgan fingerprint density at radius 1 is 1.29 bits per heavy atom. The van der Waals surface area contributed by atoms with Gasteiger partial charge in [-0.2, -0.15) is 0 Å². The third-order valence-corrected chi connectivity index (χ3v) is 5.59. The first kappa shape index (κ1) is 20.9. The molecule has 2 fully saturated rings. The summed E-state index contributed by atoms with van der Waals surface area (Å²) < 4.78 is 11.3. The summed E-state index contributed by atoms with van der Waals surface area (Å²) in [5.41, 5.74) is 1.28. The molecule has 3 rings (SSSR count). The lowest BCUT2D eigenvalue weighted by Crippen LogP contribution is -2.49. The molecule has 2 atom stereocenters. The molecule has 0 spiro atoms. The largest absolute Gasteiger partial charge is 0.497 e. The molecule has 7 nitrogen and oxygen atoms in total. The lowest BCUT2D eigenvalue weighted by Gasteiger charge is -2.31. The van der Waals surface area contributed by atoms with E-state index >= 15 is 0 Å². The van der Waals surface area contributed by atoms with Crippen molar-refractivity contribution in [2.24, 2.45) is 4.99 Å². The quantitative estimate of drug-likeness (QED) is 0.542. The molecule has 2 N–H and O–H groups in total. The molecule has 0 aromatic heterocycles. The topological polar surface area (TPSA) is 61.4 Å². The minimum Gasteiger partial charge on any atom is -0.497 e. The van der Waals surface area contributed by atoms with Crippen molar-refractivity contribution < 1.29 is 9.47 Å². The van der Waals surface area contributed by atoms with Crippen LogP contribution in [0.4, 0.5) is 0 Å². The number of ether oxygens (including phenoxy) is 2. The summed E-state index contributed by atoms with van der Waals surface area (Å²) in [5, 5.41) is 6.94. The Bertz CT molecular complexity index is 633. The van der Waals surface area contributed by atoms with E-state index in [9.17, 15) is 0 Å². The van der Waals surface area contributed by atoms with Gasteiger partial charge in [-0.3, -0.25) is 9.89 Å². The second-order valence-electron chi connectivity index (χ2n) is 7.62. The van der Waals surface area contributed by atoms with Crippen LogP contribution in [0, 0.1) is 0 Å². The molecule has 156 valence electrons. The molecule has 0 aliphatic carbocycles. The van der Waals surface area contributed by atoms with E-state index in [0.29, 0.717) is 6.04 Å². The number of guanidine groups is 1. The van der Waals surface area contributed by atoms with Crippen LogP contribution in [0.5, 0.6) is 5.75 Å². The van der Waals surface area contributed by atoms with Crippen LogP contribution in [-0.2, 0) is 4.74 Å². The number of likely N-dealkylation sites (N-methyl/N-ethyl adjacent to an activating group) is 1. The molecule has 1 aromatic rings. The van der Waals surface area contributed by atoms with Crippen molar-refractivity contribution in [1.29, 1.82) is 0 Å². The molecule has 2 aliphatic rings. The van der Waals surface area contributed by atoms with Gasteiger partial charge in [0.25, 0.3) is 0 Å². The van der Waals surface area contributed by atoms with Gasteiger partial charge in [0.2, 0.25) is 0 Å². The van der Waals surface area contributed by atoms with Gasteiger partial charge in [0.05, 0.1) is 25.9 Å². The first-order valence-electron chi connectivity index (χ1n) is 10.3. The van der Waals surface area contributed by atoms with Crippen molar-refractivity contribution in [2.75, 3.05) is 67.1 Å². The average molecular weight is 390 g/mol. The Hall–Kier alpha value is -1.83. The SMILES string of the molecule is CN=C(NCC1CN(C)CCO1)NCC(c1cccc(OC)c1)N1CCCC1. The molecule has 0 radical (unpaired) electrons. The molecule has 1 aromatic carbocycles. The van der Waals surface area contributed by atoms with E-state index in [1.807, 2.05) is 13.1 Å². The van der Waals surface area contributed by atoms with Gasteiger partial charge in [-0.05, 0) is 50.7 Å². The van der Waals surface area contributed by atoms with Gasteiger partial charge in [-0.1, -0.05) is 12.1 Å². The molecule has 0 bridgehead atoms. The van der Waals surface area contributed by atoms with Gasteiger partial charge < -0.3 is 25.0 Å². The zero-order valence-electron chi connectivity index (χ0n) is 17.5. The van der Waals surface area contributed by atoms with Gasteiger partial charge in [-0.15, -0.1) is 0 Å². The summed E-state index contributed by atoms with van der Waals surface area (Å²) in [4.78, 5) is 9.25. The normalized spacial score (nSPS) is 22.8. The molecule has 2 aliphatic heterocycles. The van der Waals surface area contributed by atoms with E-state index in [1.54, 1.807) is 7.11 Å². The maximum absolute atomic E-state index is 5.84. The Morgan fingerprint density at radius 2 is 2.11 bits per heavy atom. The highest BCUT2D eigenvalue weighted by molar-refractivity contribution is 5.79. The van der Waals surface area contributed by atoms with Crippen LogP contribution < -0.4 is 15.4 Å². The lowest BCUT2D eigenvalue weighted by atomic mass is 10.1. The van der Waals surface area contributed by atoms with Crippen molar-refractivity contribution >= 4 is 5.96 Å². The predicted molar refractivity (Wildman–Crippen MR) is 113 cm³/mol. The number of benzene rings is 1. The molecule has 2 heterocycles. The van der Waals surface area contributed by atoms with Crippen molar-refractivity contribution in [3.05, 3.63) is 29.8 Å². The second kappa shape index (κ2) is 10.6. The fourth-order valence-electron chi connectivity index (χ4n) is 3.97. The Kier molecular flexibility index (Phi) is 7.94. The fraction of sp³-hybridized carbons (Fsp3) is 0.667. The standard InChI is InChI=1S/C21H35N5O2/c1-22-21(23-14-19-16-25(2)11-12-28-19)24-15-20(26-9-4-5-10-26)17-7-6-8-18(13-17)27-3/h6-8,13,19-20H,4-5,9-12,14-16H2,1-3H3,(H2,22,23,24). The molecule has 0 saturated carbocycles. The van der Waals surface area contributed by atoms with Crippen LogP contribution >= 0.6 is 0 Å². The maximum Gasteiger partial charge on any atom is 0.191 e. The van der Waals surface area contributed by atoms with Crippen LogP contribution in [-0.4, -0.2) is 88.9 Å². The van der Waals surface area contributed by atoms with Gasteiger partial charge in [0.1, 0.15) is 5.75 Å². The number of aliphatic imine (C=N–C) groups is 1. The maximum atomic E-state index is 5.84. The van der Waals surface area contributed by atoms with E-state index in [0.717, 1.165) is 57.6 Å². The highest BCUT2D eigenvalue weighted by Crippen LogP contribution is 2.27. The van der Waals surface area contributed by atoms with E-state index < -0.39 is 0 Å². The number of morpholine rings is 1. The summed E-state index contributed by atoms with van der Waals surface area (Å²) in [6.45, 7) is 6.58. The van der Waals surface area contributed by atoms with Gasteiger partial charge in [0, 0.05) is 33.2 Å². The van der Waals surface area contributed by atoms with Gasteiger partial charge >= 0.3 is 0 Å². The van der Waals surface area contributed by atoms with Crippen molar-refractivity contribution in [2.45, 2.75) is 25.0 Å². The molecular weight excluding hydrogens is 354 g/mol. The first-order chi connectivity index (χ1) is 13.7. The number of rotatable bonds is 7. The number of nitrogens with zero attached hydrogens (tertiary/aromatic N) is 3. The second-order valence-corrected chi connectivity index (χ2v) is 7.62. The van der Waals surface area contributed by atoms with E-state index in [4.69, 9.17) is 9.47 Å². The van der Waals surface area contributed by atoms with Crippen molar-refractivity contribution in [3.63, 3.8) is 0 Å².